The molecule has 0 aliphatic carbocycles. The number of benzene rings is 1. The lowest BCUT2D eigenvalue weighted by Crippen LogP contribution is -2.18. The number of aromatic nitrogens is 2. The van der Waals surface area contributed by atoms with Crippen molar-refractivity contribution in [1.29, 1.82) is 0 Å². The van der Waals surface area contributed by atoms with E-state index in [0.717, 1.165) is 35.4 Å². The molecular weight excluding hydrogens is 318 g/mol. The number of ether oxygens (including phenoxy) is 1. The fourth-order valence-corrected chi connectivity index (χ4v) is 2.58. The highest BCUT2D eigenvalue weighted by Gasteiger charge is 2.09. The highest BCUT2D eigenvalue weighted by atomic mass is 79.9. The fourth-order valence-electron chi connectivity index (χ4n) is 2.10. The summed E-state index contributed by atoms with van der Waals surface area (Å²) >= 11 is 3.58. The Morgan fingerprint density at radius 3 is 2.55 bits per heavy atom. The molecule has 0 unspecified atom stereocenters. The second kappa shape index (κ2) is 6.90. The summed E-state index contributed by atoms with van der Waals surface area (Å²) in [5.41, 5.74) is 3.51. The smallest absolute Gasteiger partial charge is 0.118 e. The molecule has 20 heavy (non-hydrogen) atoms. The quantitative estimate of drug-likeness (QED) is 0.824. The van der Waals surface area contributed by atoms with Gasteiger partial charge >= 0.3 is 0 Å². The van der Waals surface area contributed by atoms with Gasteiger partial charge in [0.05, 0.1) is 23.0 Å². The first-order valence-corrected chi connectivity index (χ1v) is 7.42. The Hall–Kier alpha value is -1.33. The Kier molecular flexibility index (Phi) is 5.20. The highest BCUT2D eigenvalue weighted by molar-refractivity contribution is 9.10. The summed E-state index contributed by atoms with van der Waals surface area (Å²) in [6, 6.07) is 8.20. The maximum Gasteiger partial charge on any atom is 0.118 e. The van der Waals surface area contributed by atoms with Gasteiger partial charge in [-0.05, 0) is 53.5 Å². The Morgan fingerprint density at radius 2 is 2.00 bits per heavy atom. The molecule has 1 aromatic heterocycles. The van der Waals surface area contributed by atoms with Crippen molar-refractivity contribution in [2.75, 3.05) is 13.7 Å². The zero-order valence-corrected chi connectivity index (χ0v) is 13.7. The third kappa shape index (κ3) is 3.61. The molecule has 1 aromatic carbocycles. The van der Waals surface area contributed by atoms with Crippen molar-refractivity contribution in [2.45, 2.75) is 19.9 Å². The SMILES string of the molecule is COc1ccc(CCNCc2c(Br)c(C)nn2C)cc1. The molecule has 2 aromatic rings. The predicted molar refractivity (Wildman–Crippen MR) is 84.0 cm³/mol. The van der Waals surface area contributed by atoms with E-state index < -0.39 is 0 Å². The third-order valence-electron chi connectivity index (χ3n) is 3.30. The first-order chi connectivity index (χ1) is 9.61. The molecule has 2 rings (SSSR count). The molecule has 0 aliphatic rings. The number of rotatable bonds is 6. The van der Waals surface area contributed by atoms with Crippen LogP contribution in [-0.2, 0) is 20.0 Å². The summed E-state index contributed by atoms with van der Waals surface area (Å²) in [5, 5.41) is 7.83. The number of aryl methyl sites for hydroxylation is 2. The molecule has 0 saturated heterocycles. The topological polar surface area (TPSA) is 39.1 Å². The monoisotopic (exact) mass is 337 g/mol. The predicted octanol–water partition coefficient (Wildman–Crippen LogP) is 2.83. The molecule has 0 bridgehead atoms. The van der Waals surface area contributed by atoms with Crippen molar-refractivity contribution < 1.29 is 4.74 Å². The molecule has 4 nitrogen and oxygen atoms in total. The van der Waals surface area contributed by atoms with Crippen LogP contribution in [0.5, 0.6) is 5.75 Å². The van der Waals surface area contributed by atoms with Crippen LogP contribution in [-0.4, -0.2) is 23.4 Å². The van der Waals surface area contributed by atoms with Gasteiger partial charge < -0.3 is 10.1 Å². The number of hydrogen-bond acceptors (Lipinski definition) is 3. The van der Waals surface area contributed by atoms with Gasteiger partial charge in [0.25, 0.3) is 0 Å². The van der Waals surface area contributed by atoms with Crippen LogP contribution in [0.3, 0.4) is 0 Å². The van der Waals surface area contributed by atoms with Crippen LogP contribution < -0.4 is 10.1 Å². The van der Waals surface area contributed by atoms with Crippen molar-refractivity contribution in [3.63, 3.8) is 0 Å². The highest BCUT2D eigenvalue weighted by Crippen LogP contribution is 2.19. The van der Waals surface area contributed by atoms with Crippen molar-refractivity contribution in [3.05, 3.63) is 45.7 Å². The van der Waals surface area contributed by atoms with E-state index in [2.05, 4.69) is 38.5 Å². The molecule has 0 spiro atoms. The Labute approximate surface area is 128 Å². The van der Waals surface area contributed by atoms with Crippen LogP contribution in [0.2, 0.25) is 0 Å². The van der Waals surface area contributed by atoms with E-state index in [1.165, 1.54) is 11.3 Å². The number of methoxy groups -OCH3 is 1. The van der Waals surface area contributed by atoms with Gasteiger partial charge in [0.2, 0.25) is 0 Å². The fraction of sp³-hybridized carbons (Fsp3) is 0.400. The molecule has 0 saturated carbocycles. The third-order valence-corrected chi connectivity index (χ3v) is 4.34. The van der Waals surface area contributed by atoms with Crippen LogP contribution in [0, 0.1) is 6.92 Å². The molecule has 1 heterocycles. The zero-order valence-electron chi connectivity index (χ0n) is 12.1. The minimum absolute atomic E-state index is 0.814. The van der Waals surface area contributed by atoms with Gasteiger partial charge in [-0.1, -0.05) is 12.1 Å². The summed E-state index contributed by atoms with van der Waals surface area (Å²) in [6.45, 7) is 3.75. The van der Waals surface area contributed by atoms with Crippen LogP contribution in [0.1, 0.15) is 17.0 Å². The van der Waals surface area contributed by atoms with E-state index in [9.17, 15) is 0 Å². The lowest BCUT2D eigenvalue weighted by atomic mass is 10.1. The number of halogens is 1. The second-order valence-corrected chi connectivity index (χ2v) is 5.54. The second-order valence-electron chi connectivity index (χ2n) is 4.74. The van der Waals surface area contributed by atoms with Gasteiger partial charge in [-0.25, -0.2) is 0 Å². The van der Waals surface area contributed by atoms with E-state index in [1.54, 1.807) is 7.11 Å². The van der Waals surface area contributed by atoms with Crippen molar-refractivity contribution >= 4 is 15.9 Å². The number of nitrogens with zero attached hydrogens (tertiary/aromatic N) is 2. The van der Waals surface area contributed by atoms with Crippen LogP contribution in [0.25, 0.3) is 0 Å². The summed E-state index contributed by atoms with van der Waals surface area (Å²) in [4.78, 5) is 0. The summed E-state index contributed by atoms with van der Waals surface area (Å²) in [5.74, 6) is 0.899. The van der Waals surface area contributed by atoms with Crippen molar-refractivity contribution in [2.24, 2.45) is 7.05 Å². The average molecular weight is 338 g/mol. The minimum Gasteiger partial charge on any atom is -0.497 e. The van der Waals surface area contributed by atoms with Crippen LogP contribution in [0.4, 0.5) is 0 Å². The number of nitrogens with one attached hydrogen (secondary N) is 1. The standard InChI is InChI=1S/C15H20BrN3O/c1-11-15(16)14(19(2)18-11)10-17-9-8-12-4-6-13(20-3)7-5-12/h4-7,17H,8-10H2,1-3H3. The van der Waals surface area contributed by atoms with Gasteiger partial charge in [-0.2, -0.15) is 5.10 Å². The molecule has 0 atom stereocenters. The summed E-state index contributed by atoms with van der Waals surface area (Å²) in [7, 11) is 3.66. The maximum absolute atomic E-state index is 5.15. The minimum atomic E-state index is 0.814. The zero-order chi connectivity index (χ0) is 14.5. The van der Waals surface area contributed by atoms with Gasteiger partial charge in [0.15, 0.2) is 0 Å². The Morgan fingerprint density at radius 1 is 1.30 bits per heavy atom. The van der Waals surface area contributed by atoms with Gasteiger partial charge in [0.1, 0.15) is 5.75 Å². The lowest BCUT2D eigenvalue weighted by molar-refractivity contribution is 0.414. The molecule has 0 amide bonds. The molecule has 0 aliphatic heterocycles. The Balaban J connectivity index is 1.81. The lowest BCUT2D eigenvalue weighted by Gasteiger charge is -2.07. The Bertz CT molecular complexity index is 563. The van der Waals surface area contributed by atoms with E-state index in [0.29, 0.717) is 0 Å². The van der Waals surface area contributed by atoms with Crippen molar-refractivity contribution in [1.82, 2.24) is 15.1 Å². The average Bonchev–Trinajstić information content (AvgIpc) is 2.70. The number of hydrogen-bond donors (Lipinski definition) is 1. The molecule has 0 radical (unpaired) electrons. The summed E-state index contributed by atoms with van der Waals surface area (Å²) < 4.78 is 8.16. The molecular formula is C15H20BrN3O. The normalized spacial score (nSPS) is 10.8. The first kappa shape index (κ1) is 15.1. The molecule has 5 heteroatoms. The van der Waals surface area contributed by atoms with Gasteiger partial charge in [0, 0.05) is 13.6 Å². The molecule has 1 N–H and O–H groups in total. The van der Waals surface area contributed by atoms with E-state index >= 15 is 0 Å². The van der Waals surface area contributed by atoms with Crippen molar-refractivity contribution in [3.8, 4) is 5.75 Å². The first-order valence-electron chi connectivity index (χ1n) is 6.63. The molecule has 108 valence electrons. The summed E-state index contributed by atoms with van der Waals surface area (Å²) in [6.07, 6.45) is 0.998. The van der Waals surface area contributed by atoms with E-state index in [4.69, 9.17) is 4.74 Å². The van der Waals surface area contributed by atoms with Crippen LogP contribution in [0.15, 0.2) is 28.7 Å². The molecule has 0 fully saturated rings. The van der Waals surface area contributed by atoms with Crippen LogP contribution >= 0.6 is 15.9 Å². The van der Waals surface area contributed by atoms with Gasteiger partial charge in [-0.15, -0.1) is 0 Å². The van der Waals surface area contributed by atoms with Gasteiger partial charge in [-0.3, -0.25) is 4.68 Å². The largest absolute Gasteiger partial charge is 0.497 e. The maximum atomic E-state index is 5.15. The van der Waals surface area contributed by atoms with E-state index in [-0.39, 0.29) is 0 Å². The van der Waals surface area contributed by atoms with E-state index in [1.807, 2.05) is 30.8 Å².